The molecular weight excluding hydrogens is 430 g/mol. The van der Waals surface area contributed by atoms with E-state index in [0.29, 0.717) is 6.61 Å². The van der Waals surface area contributed by atoms with E-state index >= 15 is 0 Å². The van der Waals surface area contributed by atoms with Crippen molar-refractivity contribution in [3.05, 3.63) is 25.6 Å². The van der Waals surface area contributed by atoms with Gasteiger partial charge in [-0.1, -0.05) is 15.9 Å². The minimum Gasteiger partial charge on any atom is -0.485 e. The highest BCUT2D eigenvalue weighted by Gasteiger charge is 2.41. The lowest BCUT2D eigenvalue weighted by atomic mass is 9.86. The Bertz CT molecular complexity index is 418. The molecule has 3 unspecified atom stereocenters. The van der Waals surface area contributed by atoms with Crippen LogP contribution in [-0.2, 0) is 4.74 Å². The Hall–Kier alpha value is 0.380. The third-order valence-electron chi connectivity index (χ3n) is 2.88. The van der Waals surface area contributed by atoms with E-state index in [-0.39, 0.29) is 18.2 Å². The molecule has 1 aromatic carbocycles. The van der Waals surface area contributed by atoms with Crippen LogP contribution in [0.5, 0.6) is 5.75 Å². The quantitative estimate of drug-likeness (QED) is 0.768. The summed E-state index contributed by atoms with van der Waals surface area (Å²) < 4.78 is 14.4. The molecule has 0 saturated heterocycles. The highest BCUT2D eigenvalue weighted by Crippen LogP contribution is 2.39. The Morgan fingerprint density at radius 2 is 1.89 bits per heavy atom. The van der Waals surface area contributed by atoms with Crippen LogP contribution >= 0.6 is 47.8 Å². The number of nitrogens with two attached hydrogens (primary N) is 1. The van der Waals surface area contributed by atoms with Gasteiger partial charge in [0.25, 0.3) is 0 Å². The zero-order valence-electron chi connectivity index (χ0n) is 9.83. The Morgan fingerprint density at radius 3 is 2.39 bits per heavy atom. The van der Waals surface area contributed by atoms with Crippen molar-refractivity contribution in [1.82, 2.24) is 0 Å². The second-order valence-corrected chi connectivity index (χ2v) is 6.80. The summed E-state index contributed by atoms with van der Waals surface area (Å²) in [6, 6.07) is 3.98. The molecular formula is C12H14Br3NO2. The summed E-state index contributed by atoms with van der Waals surface area (Å²) in [4.78, 5) is 0. The molecule has 1 aliphatic carbocycles. The molecule has 0 aliphatic heterocycles. The van der Waals surface area contributed by atoms with E-state index in [1.54, 1.807) is 0 Å². The maximum atomic E-state index is 5.98. The third kappa shape index (κ3) is 3.10. The monoisotopic (exact) mass is 441 g/mol. The van der Waals surface area contributed by atoms with Gasteiger partial charge in [-0.25, -0.2) is 0 Å². The Morgan fingerprint density at radius 1 is 1.28 bits per heavy atom. The molecule has 100 valence electrons. The summed E-state index contributed by atoms with van der Waals surface area (Å²) in [5, 5.41) is 0. The fourth-order valence-corrected chi connectivity index (χ4v) is 4.39. The first-order valence-electron chi connectivity index (χ1n) is 5.71. The van der Waals surface area contributed by atoms with Crippen molar-refractivity contribution in [2.75, 3.05) is 6.61 Å². The van der Waals surface area contributed by atoms with Gasteiger partial charge in [-0.05, 0) is 50.9 Å². The zero-order chi connectivity index (χ0) is 13.3. The van der Waals surface area contributed by atoms with Gasteiger partial charge in [0.1, 0.15) is 18.0 Å². The molecule has 0 heterocycles. The third-order valence-corrected chi connectivity index (χ3v) is 4.52. The summed E-state index contributed by atoms with van der Waals surface area (Å²) in [6.07, 6.45) is 0.825. The van der Waals surface area contributed by atoms with Gasteiger partial charge in [0.2, 0.25) is 0 Å². The van der Waals surface area contributed by atoms with Gasteiger partial charge in [0.15, 0.2) is 0 Å². The SMILES string of the molecule is CCOC1C(N)CC1Oc1c(Br)cc(Br)cc1Br. The van der Waals surface area contributed by atoms with Crippen molar-refractivity contribution in [3.8, 4) is 5.75 Å². The summed E-state index contributed by atoms with van der Waals surface area (Å²) in [7, 11) is 0. The van der Waals surface area contributed by atoms with Crippen LogP contribution in [0.25, 0.3) is 0 Å². The molecule has 1 aromatic rings. The van der Waals surface area contributed by atoms with Crippen molar-refractivity contribution in [2.45, 2.75) is 31.6 Å². The topological polar surface area (TPSA) is 44.5 Å². The van der Waals surface area contributed by atoms with Gasteiger partial charge >= 0.3 is 0 Å². The number of hydrogen-bond donors (Lipinski definition) is 1. The molecule has 2 rings (SSSR count). The standard InChI is InChI=1S/C12H14Br3NO2/c1-2-17-12-9(16)5-10(12)18-11-7(14)3-6(13)4-8(11)15/h3-4,9-10,12H,2,5,16H2,1H3. The fourth-order valence-electron chi connectivity index (χ4n) is 1.95. The second kappa shape index (κ2) is 6.22. The predicted molar refractivity (Wildman–Crippen MR) is 82.0 cm³/mol. The number of hydrogen-bond acceptors (Lipinski definition) is 3. The van der Waals surface area contributed by atoms with Crippen LogP contribution in [0.15, 0.2) is 25.6 Å². The van der Waals surface area contributed by atoms with Gasteiger partial charge in [-0.15, -0.1) is 0 Å². The van der Waals surface area contributed by atoms with Crippen LogP contribution in [0.4, 0.5) is 0 Å². The fraction of sp³-hybridized carbons (Fsp3) is 0.500. The molecule has 0 radical (unpaired) electrons. The predicted octanol–water partition coefficient (Wildman–Crippen LogP) is 3.86. The summed E-state index contributed by atoms with van der Waals surface area (Å²) in [5.74, 6) is 0.791. The van der Waals surface area contributed by atoms with Crippen LogP contribution in [0, 0.1) is 0 Å². The van der Waals surface area contributed by atoms with E-state index < -0.39 is 0 Å². The first-order valence-corrected chi connectivity index (χ1v) is 8.09. The number of benzene rings is 1. The van der Waals surface area contributed by atoms with E-state index in [4.69, 9.17) is 15.2 Å². The molecule has 1 aliphatic rings. The van der Waals surface area contributed by atoms with Gasteiger partial charge in [0, 0.05) is 23.5 Å². The first-order chi connectivity index (χ1) is 8.52. The average molecular weight is 444 g/mol. The van der Waals surface area contributed by atoms with Crippen LogP contribution in [0.2, 0.25) is 0 Å². The van der Waals surface area contributed by atoms with E-state index in [1.807, 2.05) is 19.1 Å². The minimum absolute atomic E-state index is 0.0163. The van der Waals surface area contributed by atoms with Crippen LogP contribution in [0.1, 0.15) is 13.3 Å². The van der Waals surface area contributed by atoms with Crippen molar-refractivity contribution in [1.29, 1.82) is 0 Å². The molecule has 1 saturated carbocycles. The Kier molecular flexibility index (Phi) is 5.11. The molecule has 6 heteroatoms. The highest BCUT2D eigenvalue weighted by atomic mass is 79.9. The lowest BCUT2D eigenvalue weighted by Crippen LogP contribution is -2.59. The molecule has 0 spiro atoms. The van der Waals surface area contributed by atoms with E-state index in [2.05, 4.69) is 47.8 Å². The normalized spacial score (nSPS) is 26.8. The largest absolute Gasteiger partial charge is 0.485 e. The minimum atomic E-state index is -0.0163. The first kappa shape index (κ1) is 14.8. The number of halogens is 3. The van der Waals surface area contributed by atoms with Gasteiger partial charge < -0.3 is 15.2 Å². The van der Waals surface area contributed by atoms with E-state index in [1.165, 1.54) is 0 Å². The maximum Gasteiger partial charge on any atom is 0.148 e. The smallest absolute Gasteiger partial charge is 0.148 e. The lowest BCUT2D eigenvalue weighted by molar-refractivity contribution is -0.0950. The van der Waals surface area contributed by atoms with E-state index in [9.17, 15) is 0 Å². The molecule has 2 N–H and O–H groups in total. The zero-order valence-corrected chi connectivity index (χ0v) is 14.6. The van der Waals surface area contributed by atoms with Crippen molar-refractivity contribution in [3.63, 3.8) is 0 Å². The van der Waals surface area contributed by atoms with Crippen LogP contribution in [-0.4, -0.2) is 24.9 Å². The van der Waals surface area contributed by atoms with Crippen molar-refractivity contribution < 1.29 is 9.47 Å². The van der Waals surface area contributed by atoms with Crippen molar-refractivity contribution in [2.24, 2.45) is 5.73 Å². The highest BCUT2D eigenvalue weighted by molar-refractivity contribution is 9.11. The molecule has 0 aromatic heterocycles. The Balaban J connectivity index is 2.10. The molecule has 3 nitrogen and oxygen atoms in total. The second-order valence-electron chi connectivity index (χ2n) is 4.17. The van der Waals surface area contributed by atoms with Crippen molar-refractivity contribution >= 4 is 47.8 Å². The summed E-state index contributed by atoms with van der Waals surface area (Å²) in [6.45, 7) is 2.62. The molecule has 0 amide bonds. The maximum absolute atomic E-state index is 5.98. The summed E-state index contributed by atoms with van der Waals surface area (Å²) in [5.41, 5.74) is 5.92. The number of rotatable bonds is 4. The average Bonchev–Trinajstić information content (AvgIpc) is 2.29. The number of ether oxygens (including phenoxy) is 2. The molecule has 0 bridgehead atoms. The molecule has 3 atom stereocenters. The van der Waals surface area contributed by atoms with Gasteiger partial charge in [-0.3, -0.25) is 0 Å². The van der Waals surface area contributed by atoms with Crippen LogP contribution < -0.4 is 10.5 Å². The van der Waals surface area contributed by atoms with Gasteiger partial charge in [0.05, 0.1) is 8.95 Å². The lowest BCUT2D eigenvalue weighted by Gasteiger charge is -2.41. The summed E-state index contributed by atoms with van der Waals surface area (Å²) >= 11 is 10.4. The van der Waals surface area contributed by atoms with Crippen LogP contribution in [0.3, 0.4) is 0 Å². The van der Waals surface area contributed by atoms with E-state index in [0.717, 1.165) is 25.6 Å². The molecule has 18 heavy (non-hydrogen) atoms. The molecule has 1 fully saturated rings. The Labute approximate surface area is 132 Å². The van der Waals surface area contributed by atoms with Gasteiger partial charge in [-0.2, -0.15) is 0 Å².